The molecule has 0 radical (unpaired) electrons. The van der Waals surface area contributed by atoms with Crippen molar-refractivity contribution in [2.45, 2.75) is 39.5 Å². The van der Waals surface area contributed by atoms with Crippen molar-refractivity contribution >= 4 is 23.2 Å². The van der Waals surface area contributed by atoms with Crippen LogP contribution >= 0.6 is 0 Å². The van der Waals surface area contributed by atoms with Crippen LogP contribution < -0.4 is 10.2 Å². The third-order valence-electron chi connectivity index (χ3n) is 5.73. The first-order valence-corrected chi connectivity index (χ1v) is 9.32. The van der Waals surface area contributed by atoms with Crippen LogP contribution in [0.25, 0.3) is 0 Å². The van der Waals surface area contributed by atoms with E-state index in [4.69, 9.17) is 0 Å². The minimum atomic E-state index is -0.310. The number of amides is 2. The molecule has 2 aromatic carbocycles. The van der Waals surface area contributed by atoms with Crippen molar-refractivity contribution in [2.24, 2.45) is 5.92 Å². The Kier molecular flexibility index (Phi) is 4.27. The van der Waals surface area contributed by atoms with E-state index in [9.17, 15) is 9.59 Å². The molecule has 2 amide bonds. The van der Waals surface area contributed by atoms with E-state index >= 15 is 0 Å². The van der Waals surface area contributed by atoms with E-state index in [1.54, 1.807) is 4.90 Å². The van der Waals surface area contributed by atoms with E-state index in [2.05, 4.69) is 17.4 Å². The van der Waals surface area contributed by atoms with Crippen LogP contribution in [-0.4, -0.2) is 18.4 Å². The molecule has 0 aromatic heterocycles. The summed E-state index contributed by atoms with van der Waals surface area (Å²) < 4.78 is 0. The lowest BCUT2D eigenvalue weighted by atomic mass is 10.1. The number of hydrogen-bond acceptors (Lipinski definition) is 2. The molecule has 0 bridgehead atoms. The first-order chi connectivity index (χ1) is 12.5. The molecule has 26 heavy (non-hydrogen) atoms. The zero-order chi connectivity index (χ0) is 18.3. The fourth-order valence-corrected chi connectivity index (χ4v) is 4.04. The second-order valence-corrected chi connectivity index (χ2v) is 7.45. The van der Waals surface area contributed by atoms with Gasteiger partial charge in [-0.1, -0.05) is 18.2 Å². The van der Waals surface area contributed by atoms with Gasteiger partial charge in [-0.05, 0) is 73.6 Å². The Morgan fingerprint density at radius 3 is 2.77 bits per heavy atom. The average molecular weight is 348 g/mol. The van der Waals surface area contributed by atoms with Crippen molar-refractivity contribution in [2.75, 3.05) is 16.8 Å². The maximum atomic E-state index is 12.7. The summed E-state index contributed by atoms with van der Waals surface area (Å²) >= 11 is 0. The van der Waals surface area contributed by atoms with Gasteiger partial charge in [0.25, 0.3) is 0 Å². The molecule has 1 unspecified atom stereocenters. The second-order valence-electron chi connectivity index (χ2n) is 7.45. The Hall–Kier alpha value is -2.62. The summed E-state index contributed by atoms with van der Waals surface area (Å²) in [5.74, 6) is -0.354. The maximum absolute atomic E-state index is 12.7. The van der Waals surface area contributed by atoms with Crippen molar-refractivity contribution in [1.82, 2.24) is 0 Å². The van der Waals surface area contributed by atoms with Crippen LogP contribution in [0.3, 0.4) is 0 Å². The molecule has 2 aromatic rings. The Bertz CT molecular complexity index is 888. The molecule has 1 saturated heterocycles. The van der Waals surface area contributed by atoms with Crippen molar-refractivity contribution in [1.29, 1.82) is 0 Å². The van der Waals surface area contributed by atoms with Crippen molar-refractivity contribution in [3.63, 3.8) is 0 Å². The summed E-state index contributed by atoms with van der Waals surface area (Å²) in [6.07, 6.45) is 3.67. The molecule has 0 saturated carbocycles. The zero-order valence-electron chi connectivity index (χ0n) is 15.3. The number of nitrogens with one attached hydrogen (secondary N) is 1. The second kappa shape index (κ2) is 6.60. The predicted octanol–water partition coefficient (Wildman–Crippen LogP) is 3.78. The summed E-state index contributed by atoms with van der Waals surface area (Å²) in [6.45, 7) is 4.51. The number of fused-ring (bicyclic) bond motifs is 1. The molecule has 134 valence electrons. The normalized spacial score (nSPS) is 18.9. The highest BCUT2D eigenvalue weighted by Gasteiger charge is 2.35. The fraction of sp³-hybridized carbons (Fsp3) is 0.364. The summed E-state index contributed by atoms with van der Waals surface area (Å²) in [4.78, 5) is 27.0. The number of benzene rings is 2. The monoisotopic (exact) mass is 348 g/mol. The molecule has 4 heteroatoms. The lowest BCUT2D eigenvalue weighted by molar-refractivity contribution is -0.122. The third kappa shape index (κ3) is 3.00. The van der Waals surface area contributed by atoms with E-state index in [-0.39, 0.29) is 24.2 Å². The van der Waals surface area contributed by atoms with Gasteiger partial charge in [0.05, 0.1) is 5.92 Å². The van der Waals surface area contributed by atoms with Gasteiger partial charge in [0, 0.05) is 24.3 Å². The van der Waals surface area contributed by atoms with E-state index in [0.29, 0.717) is 6.54 Å². The number of aryl methyl sites for hydroxylation is 3. The minimum Gasteiger partial charge on any atom is -0.326 e. The van der Waals surface area contributed by atoms with E-state index in [1.165, 1.54) is 17.5 Å². The van der Waals surface area contributed by atoms with Crippen LogP contribution in [0.15, 0.2) is 36.4 Å². The van der Waals surface area contributed by atoms with Crippen LogP contribution in [0, 0.1) is 19.8 Å². The van der Waals surface area contributed by atoms with Crippen LogP contribution in [0.2, 0.25) is 0 Å². The van der Waals surface area contributed by atoms with E-state index < -0.39 is 0 Å². The molecule has 1 aliphatic carbocycles. The molecular formula is C22H24N2O2. The first kappa shape index (κ1) is 16.8. The van der Waals surface area contributed by atoms with E-state index in [1.807, 2.05) is 38.1 Å². The van der Waals surface area contributed by atoms with Crippen LogP contribution in [0.4, 0.5) is 11.4 Å². The molecule has 1 fully saturated rings. The number of carbonyl (C=O) groups is 2. The average Bonchev–Trinajstić information content (AvgIpc) is 3.23. The number of rotatable bonds is 3. The van der Waals surface area contributed by atoms with Gasteiger partial charge in [-0.15, -0.1) is 0 Å². The van der Waals surface area contributed by atoms with Crippen molar-refractivity contribution < 1.29 is 9.59 Å². The number of hydrogen-bond donors (Lipinski definition) is 1. The molecule has 1 heterocycles. The lowest BCUT2D eigenvalue weighted by Gasteiger charge is -2.20. The first-order valence-electron chi connectivity index (χ1n) is 9.32. The molecule has 4 nitrogen and oxygen atoms in total. The fourth-order valence-electron chi connectivity index (χ4n) is 4.04. The Morgan fingerprint density at radius 2 is 1.92 bits per heavy atom. The molecule has 1 atom stereocenters. The Balaban J connectivity index is 1.48. The quantitative estimate of drug-likeness (QED) is 0.917. The summed E-state index contributed by atoms with van der Waals surface area (Å²) in [5.41, 5.74) is 6.74. The smallest absolute Gasteiger partial charge is 0.229 e. The number of anilines is 2. The van der Waals surface area contributed by atoms with Gasteiger partial charge < -0.3 is 10.2 Å². The molecular weight excluding hydrogens is 324 g/mol. The summed E-state index contributed by atoms with van der Waals surface area (Å²) in [5, 5.41) is 3.01. The predicted molar refractivity (Wildman–Crippen MR) is 103 cm³/mol. The van der Waals surface area contributed by atoms with Crippen molar-refractivity contribution in [3.05, 3.63) is 58.7 Å². The van der Waals surface area contributed by atoms with Crippen LogP contribution in [0.5, 0.6) is 0 Å². The van der Waals surface area contributed by atoms with Crippen LogP contribution in [-0.2, 0) is 22.4 Å². The van der Waals surface area contributed by atoms with Gasteiger partial charge in [-0.25, -0.2) is 0 Å². The zero-order valence-corrected chi connectivity index (χ0v) is 15.3. The molecule has 4 rings (SSSR count). The summed E-state index contributed by atoms with van der Waals surface area (Å²) in [6, 6.07) is 12.1. The minimum absolute atomic E-state index is 0.0211. The third-order valence-corrected chi connectivity index (χ3v) is 5.73. The lowest BCUT2D eigenvalue weighted by Crippen LogP contribution is -2.28. The Morgan fingerprint density at radius 1 is 1.12 bits per heavy atom. The van der Waals surface area contributed by atoms with Gasteiger partial charge in [0.15, 0.2) is 0 Å². The molecule has 1 N–H and O–H groups in total. The highest BCUT2D eigenvalue weighted by Crippen LogP contribution is 2.30. The van der Waals surface area contributed by atoms with Crippen LogP contribution in [0.1, 0.15) is 35.1 Å². The SMILES string of the molecule is Cc1cccc(N2CC(C(=O)Nc3ccc4c(c3)CCC4)CC2=O)c1C. The molecule has 2 aliphatic rings. The van der Waals surface area contributed by atoms with Gasteiger partial charge in [-0.2, -0.15) is 0 Å². The van der Waals surface area contributed by atoms with Crippen molar-refractivity contribution in [3.8, 4) is 0 Å². The number of carbonyl (C=O) groups excluding carboxylic acids is 2. The van der Waals surface area contributed by atoms with Gasteiger partial charge in [-0.3, -0.25) is 9.59 Å². The van der Waals surface area contributed by atoms with Gasteiger partial charge in [0.2, 0.25) is 11.8 Å². The van der Waals surface area contributed by atoms with E-state index in [0.717, 1.165) is 35.3 Å². The maximum Gasteiger partial charge on any atom is 0.229 e. The topological polar surface area (TPSA) is 49.4 Å². The standard InChI is InChI=1S/C22H24N2O2/c1-14-5-3-8-20(15(14)2)24-13-18(12-21(24)25)22(26)23-19-10-9-16-6-4-7-17(16)11-19/h3,5,8-11,18H,4,6-7,12-13H2,1-2H3,(H,23,26). The Labute approximate surface area is 154 Å². The molecule has 1 aliphatic heterocycles. The van der Waals surface area contributed by atoms with Gasteiger partial charge >= 0.3 is 0 Å². The highest BCUT2D eigenvalue weighted by atomic mass is 16.2. The summed E-state index contributed by atoms with van der Waals surface area (Å²) in [7, 11) is 0. The van der Waals surface area contributed by atoms with Gasteiger partial charge in [0.1, 0.15) is 0 Å². The number of nitrogens with zero attached hydrogens (tertiary/aromatic N) is 1. The highest BCUT2D eigenvalue weighted by molar-refractivity contribution is 6.04. The largest absolute Gasteiger partial charge is 0.326 e. The molecule has 0 spiro atoms.